The number of likely N-dealkylation sites (N-methyl/N-ethyl adjacent to an activating group) is 1. The van der Waals surface area contributed by atoms with Crippen LogP contribution in [0.4, 0.5) is 10.5 Å². The first-order valence-electron chi connectivity index (χ1n) is 11.7. The van der Waals surface area contributed by atoms with Gasteiger partial charge in [-0.1, -0.05) is 13.0 Å². The van der Waals surface area contributed by atoms with E-state index in [0.29, 0.717) is 12.0 Å². The summed E-state index contributed by atoms with van der Waals surface area (Å²) >= 11 is 0. The van der Waals surface area contributed by atoms with Crippen LogP contribution in [0.2, 0.25) is 0 Å². The number of carbonyl (C=O) groups is 2. The van der Waals surface area contributed by atoms with Crippen molar-refractivity contribution in [2.24, 2.45) is 5.92 Å². The third-order valence-corrected chi connectivity index (χ3v) is 7.41. The molecule has 4 rings (SSSR count). The molecule has 0 spiro atoms. The average molecular weight is 450 g/mol. The van der Waals surface area contributed by atoms with Crippen LogP contribution in [0.5, 0.6) is 0 Å². The summed E-state index contributed by atoms with van der Waals surface area (Å²) < 4.78 is 0. The average Bonchev–Trinajstić information content (AvgIpc) is 3.01. The Morgan fingerprint density at radius 3 is 2.42 bits per heavy atom. The van der Waals surface area contributed by atoms with Gasteiger partial charge in [0.25, 0.3) is 0 Å². The molecule has 2 fully saturated rings. The fourth-order valence-corrected chi connectivity index (χ4v) is 5.45. The number of fused-ring (bicyclic) bond motifs is 1. The van der Waals surface area contributed by atoms with E-state index in [2.05, 4.69) is 34.9 Å². The highest BCUT2D eigenvalue weighted by molar-refractivity contribution is 5.94. The summed E-state index contributed by atoms with van der Waals surface area (Å²) in [5.74, 6) is -0.205. The van der Waals surface area contributed by atoms with Crippen molar-refractivity contribution >= 4 is 30.1 Å². The zero-order chi connectivity index (χ0) is 21.1. The number of carboxylic acids is 1. The monoisotopic (exact) mass is 449 g/mol. The lowest BCUT2D eigenvalue weighted by molar-refractivity contribution is -0.137. The molecule has 2 heterocycles. The third-order valence-electron chi connectivity index (χ3n) is 7.41. The third kappa shape index (κ3) is 5.53. The summed E-state index contributed by atoms with van der Waals surface area (Å²) in [6.07, 6.45) is 7.26. The molecule has 1 aromatic carbocycles. The number of hydrogen-bond acceptors (Lipinski definition) is 3. The molecule has 6 nitrogen and oxygen atoms in total. The second kappa shape index (κ2) is 10.7. The molecule has 1 N–H and O–H groups in total. The molecule has 0 bridgehead atoms. The van der Waals surface area contributed by atoms with E-state index in [1.165, 1.54) is 11.1 Å². The van der Waals surface area contributed by atoms with E-state index >= 15 is 0 Å². The molecular formula is C24H36ClN3O3. The standard InChI is InChI=1S/C24H35N3O3.ClH/c1-2-25-13-11-19-6-9-22(17-20(19)12-14-25)27-16-15-26(24(27)30)21-7-3-18(4-8-21)5-10-23(28)29;/h6,9,17-18,21H,2-5,7-8,10-16H2,1H3,(H,28,29);1H/t18-,21-;. The Morgan fingerprint density at radius 1 is 1.03 bits per heavy atom. The van der Waals surface area contributed by atoms with E-state index in [0.717, 1.165) is 83.4 Å². The van der Waals surface area contributed by atoms with Gasteiger partial charge in [0.15, 0.2) is 0 Å². The number of anilines is 1. The minimum Gasteiger partial charge on any atom is -0.481 e. The predicted molar refractivity (Wildman–Crippen MR) is 125 cm³/mol. The van der Waals surface area contributed by atoms with E-state index in [-0.39, 0.29) is 24.9 Å². The topological polar surface area (TPSA) is 64.1 Å². The van der Waals surface area contributed by atoms with Gasteiger partial charge in [0, 0.05) is 44.3 Å². The normalized spacial score (nSPS) is 24.5. The van der Waals surface area contributed by atoms with Crippen molar-refractivity contribution in [1.82, 2.24) is 9.80 Å². The molecule has 0 aromatic heterocycles. The lowest BCUT2D eigenvalue weighted by atomic mass is 9.83. The van der Waals surface area contributed by atoms with Gasteiger partial charge >= 0.3 is 12.0 Å². The highest BCUT2D eigenvalue weighted by Gasteiger charge is 2.36. The molecule has 2 aliphatic heterocycles. The van der Waals surface area contributed by atoms with E-state index in [1.807, 2.05) is 4.90 Å². The van der Waals surface area contributed by atoms with Crippen LogP contribution in [0.15, 0.2) is 18.2 Å². The molecule has 2 amide bonds. The van der Waals surface area contributed by atoms with Gasteiger partial charge in [0.2, 0.25) is 0 Å². The maximum absolute atomic E-state index is 13.2. The number of benzene rings is 1. The predicted octanol–water partition coefficient (Wildman–Crippen LogP) is 4.19. The van der Waals surface area contributed by atoms with Crippen molar-refractivity contribution in [2.75, 3.05) is 37.6 Å². The maximum Gasteiger partial charge on any atom is 0.324 e. The van der Waals surface area contributed by atoms with Crippen molar-refractivity contribution in [2.45, 2.75) is 64.3 Å². The number of aliphatic carboxylic acids is 1. The van der Waals surface area contributed by atoms with E-state index in [1.54, 1.807) is 0 Å². The molecule has 1 aromatic rings. The summed E-state index contributed by atoms with van der Waals surface area (Å²) in [5, 5.41) is 8.90. The number of urea groups is 1. The highest BCUT2D eigenvalue weighted by Crippen LogP contribution is 2.33. The van der Waals surface area contributed by atoms with E-state index < -0.39 is 5.97 Å². The minimum absolute atomic E-state index is 0. The summed E-state index contributed by atoms with van der Waals surface area (Å²) in [5.41, 5.74) is 3.87. The van der Waals surface area contributed by atoms with Gasteiger partial charge in [0.05, 0.1) is 0 Å². The molecule has 7 heteroatoms. The fourth-order valence-electron chi connectivity index (χ4n) is 5.45. The fraction of sp³-hybridized carbons (Fsp3) is 0.667. The minimum atomic E-state index is -0.703. The summed E-state index contributed by atoms with van der Waals surface area (Å²) in [4.78, 5) is 30.5. The lowest BCUT2D eigenvalue weighted by Crippen LogP contribution is -2.41. The van der Waals surface area contributed by atoms with Crippen molar-refractivity contribution in [3.05, 3.63) is 29.3 Å². The first kappa shape index (κ1) is 23.9. The van der Waals surface area contributed by atoms with Gasteiger partial charge in [0.1, 0.15) is 0 Å². The molecule has 31 heavy (non-hydrogen) atoms. The highest BCUT2D eigenvalue weighted by atomic mass is 35.5. The number of rotatable bonds is 6. The van der Waals surface area contributed by atoms with Crippen LogP contribution >= 0.6 is 12.4 Å². The van der Waals surface area contributed by atoms with E-state index in [4.69, 9.17) is 5.11 Å². The summed E-state index contributed by atoms with van der Waals surface area (Å²) in [6, 6.07) is 7.06. The van der Waals surface area contributed by atoms with Crippen molar-refractivity contribution < 1.29 is 14.7 Å². The lowest BCUT2D eigenvalue weighted by Gasteiger charge is -2.34. The molecule has 3 aliphatic rings. The van der Waals surface area contributed by atoms with Crippen LogP contribution in [-0.2, 0) is 17.6 Å². The zero-order valence-electron chi connectivity index (χ0n) is 18.6. The van der Waals surface area contributed by atoms with Gasteiger partial charge in [-0.2, -0.15) is 0 Å². The Morgan fingerprint density at radius 2 is 1.74 bits per heavy atom. The Kier molecular flexibility index (Phi) is 8.23. The van der Waals surface area contributed by atoms with Gasteiger partial charge in [-0.15, -0.1) is 12.4 Å². The Hall–Kier alpha value is -1.79. The quantitative estimate of drug-likeness (QED) is 0.707. The van der Waals surface area contributed by atoms with Gasteiger partial charge in [-0.3, -0.25) is 9.69 Å². The Bertz CT molecular complexity index is 779. The van der Waals surface area contributed by atoms with Gasteiger partial charge in [-0.05, 0) is 80.7 Å². The number of hydrogen-bond donors (Lipinski definition) is 1. The molecule has 1 aliphatic carbocycles. The Labute approximate surface area is 192 Å². The van der Waals surface area contributed by atoms with E-state index in [9.17, 15) is 9.59 Å². The maximum atomic E-state index is 13.2. The van der Waals surface area contributed by atoms with Gasteiger partial charge in [-0.25, -0.2) is 4.79 Å². The molecule has 172 valence electrons. The number of nitrogens with zero attached hydrogens (tertiary/aromatic N) is 3. The van der Waals surface area contributed by atoms with Crippen LogP contribution in [0.3, 0.4) is 0 Å². The molecule has 0 atom stereocenters. The molecular weight excluding hydrogens is 414 g/mol. The molecule has 0 unspecified atom stereocenters. The van der Waals surface area contributed by atoms with Crippen LogP contribution in [0.25, 0.3) is 0 Å². The SMILES string of the molecule is CCN1CCc2ccc(N3CCN([C@H]4CC[C@H](CCC(=O)O)CC4)C3=O)cc2CC1.Cl. The second-order valence-corrected chi connectivity index (χ2v) is 9.12. The number of carbonyl (C=O) groups excluding carboxylic acids is 1. The van der Waals surface area contributed by atoms with Crippen LogP contribution in [0, 0.1) is 5.92 Å². The number of halogens is 1. The molecule has 0 radical (unpaired) electrons. The smallest absolute Gasteiger partial charge is 0.324 e. The van der Waals surface area contributed by atoms with Crippen LogP contribution in [0.1, 0.15) is 56.6 Å². The summed E-state index contributed by atoms with van der Waals surface area (Å²) in [7, 11) is 0. The zero-order valence-corrected chi connectivity index (χ0v) is 19.4. The molecule has 1 saturated carbocycles. The van der Waals surface area contributed by atoms with Crippen LogP contribution in [-0.4, -0.2) is 65.7 Å². The van der Waals surface area contributed by atoms with Gasteiger partial charge < -0.3 is 14.9 Å². The largest absolute Gasteiger partial charge is 0.481 e. The summed E-state index contributed by atoms with van der Waals surface area (Å²) in [6.45, 7) is 7.09. The van der Waals surface area contributed by atoms with Crippen LogP contribution < -0.4 is 4.90 Å². The Balaban J connectivity index is 0.00000272. The van der Waals surface area contributed by atoms with Crippen molar-refractivity contribution in [3.63, 3.8) is 0 Å². The van der Waals surface area contributed by atoms with Crippen molar-refractivity contribution in [3.8, 4) is 0 Å². The number of amides is 2. The van der Waals surface area contributed by atoms with Crippen molar-refractivity contribution in [1.29, 1.82) is 0 Å². The first-order valence-corrected chi connectivity index (χ1v) is 11.7. The first-order chi connectivity index (χ1) is 14.5. The number of carboxylic acid groups (broad SMARTS) is 1. The second-order valence-electron chi connectivity index (χ2n) is 9.12. The molecule has 1 saturated heterocycles.